The molecule has 1 unspecified atom stereocenters. The smallest absolute Gasteiger partial charge is 0.304 e. The molecule has 0 amide bonds. The Bertz CT molecular complexity index is 508. The molecule has 5 nitrogen and oxygen atoms in total. The number of halogens is 2. The number of sulfonamides is 1. The van der Waals surface area contributed by atoms with E-state index in [1.165, 1.54) is 13.0 Å². The quantitative estimate of drug-likeness (QED) is 0.842. The van der Waals surface area contributed by atoms with Crippen molar-refractivity contribution in [2.24, 2.45) is 0 Å². The summed E-state index contributed by atoms with van der Waals surface area (Å²) in [6, 6.07) is 0.628. The standard InChI is InChI=1S/C8H9BrClNO4S2/c1-4(2-6(12)13)11-17(14,15)7-3-5(10)8(9)16-7/h3-4,11H,2H2,1H3,(H,12,13). The largest absolute Gasteiger partial charge is 0.481 e. The average Bonchev–Trinajstić information content (AvgIpc) is 2.44. The van der Waals surface area contributed by atoms with Crippen LogP contribution in [0.25, 0.3) is 0 Å². The van der Waals surface area contributed by atoms with Gasteiger partial charge >= 0.3 is 5.97 Å². The molecule has 1 rings (SSSR count). The Morgan fingerprint density at radius 1 is 1.71 bits per heavy atom. The zero-order valence-electron chi connectivity index (χ0n) is 8.61. The van der Waals surface area contributed by atoms with Crippen LogP contribution in [0.2, 0.25) is 5.02 Å². The van der Waals surface area contributed by atoms with Gasteiger partial charge in [-0.25, -0.2) is 13.1 Å². The third-order valence-electron chi connectivity index (χ3n) is 1.72. The monoisotopic (exact) mass is 361 g/mol. The summed E-state index contributed by atoms with van der Waals surface area (Å²) in [6.07, 6.45) is -0.278. The number of thiophene rings is 1. The molecular weight excluding hydrogens is 354 g/mol. The molecule has 1 aromatic rings. The molecule has 96 valence electrons. The maximum atomic E-state index is 11.8. The summed E-state index contributed by atoms with van der Waals surface area (Å²) in [5.41, 5.74) is 0. The van der Waals surface area contributed by atoms with Crippen molar-refractivity contribution >= 4 is 54.9 Å². The van der Waals surface area contributed by atoms with Gasteiger partial charge in [-0.15, -0.1) is 11.3 Å². The van der Waals surface area contributed by atoms with Crippen LogP contribution in [-0.2, 0) is 14.8 Å². The highest BCUT2D eigenvalue weighted by Crippen LogP contribution is 2.34. The molecule has 0 bridgehead atoms. The first-order valence-electron chi connectivity index (χ1n) is 4.41. The summed E-state index contributed by atoms with van der Waals surface area (Å²) < 4.78 is 26.5. The SMILES string of the molecule is CC(CC(=O)O)NS(=O)(=O)c1cc(Cl)c(Br)s1. The Kier molecular flexibility index (Phi) is 4.96. The Balaban J connectivity index is 2.85. The van der Waals surface area contributed by atoms with E-state index in [2.05, 4.69) is 20.7 Å². The molecule has 0 aromatic carbocycles. The molecule has 0 aliphatic heterocycles. The molecule has 9 heteroatoms. The highest BCUT2D eigenvalue weighted by Gasteiger charge is 2.22. The number of hydrogen-bond acceptors (Lipinski definition) is 4. The van der Waals surface area contributed by atoms with Gasteiger partial charge in [0.15, 0.2) is 0 Å². The van der Waals surface area contributed by atoms with E-state index in [-0.39, 0.29) is 10.6 Å². The molecule has 1 heterocycles. The van der Waals surface area contributed by atoms with Gasteiger partial charge in [0.25, 0.3) is 0 Å². The van der Waals surface area contributed by atoms with Crippen LogP contribution in [-0.4, -0.2) is 25.5 Å². The van der Waals surface area contributed by atoms with Crippen molar-refractivity contribution < 1.29 is 18.3 Å². The Morgan fingerprint density at radius 2 is 2.29 bits per heavy atom. The van der Waals surface area contributed by atoms with Crippen LogP contribution in [0.5, 0.6) is 0 Å². The number of rotatable bonds is 5. The molecule has 0 saturated heterocycles. The van der Waals surface area contributed by atoms with Crippen LogP contribution < -0.4 is 4.72 Å². The van der Waals surface area contributed by atoms with Gasteiger partial charge in [0.2, 0.25) is 10.0 Å². The lowest BCUT2D eigenvalue weighted by atomic mass is 10.3. The van der Waals surface area contributed by atoms with Crippen LogP contribution in [0.15, 0.2) is 14.1 Å². The third-order valence-corrected chi connectivity index (χ3v) is 6.26. The maximum absolute atomic E-state index is 11.8. The fraction of sp³-hybridized carbons (Fsp3) is 0.375. The van der Waals surface area contributed by atoms with Crippen LogP contribution >= 0.6 is 38.9 Å². The summed E-state index contributed by atoms with van der Waals surface area (Å²) >= 11 is 9.82. The predicted octanol–water partition coefficient (Wildman–Crippen LogP) is 2.31. The summed E-state index contributed by atoms with van der Waals surface area (Å²) in [5, 5.41) is 8.85. The van der Waals surface area contributed by atoms with Crippen molar-refractivity contribution in [2.75, 3.05) is 0 Å². The minimum atomic E-state index is -3.72. The Labute approximate surface area is 116 Å². The Hall–Kier alpha value is -0.150. The van der Waals surface area contributed by atoms with Gasteiger partial charge < -0.3 is 5.11 Å². The fourth-order valence-corrected chi connectivity index (χ4v) is 4.74. The molecular formula is C8H9BrClNO4S2. The molecule has 0 aliphatic carbocycles. The summed E-state index contributed by atoms with van der Waals surface area (Å²) in [4.78, 5) is 10.4. The molecule has 0 radical (unpaired) electrons. The number of aliphatic carboxylic acids is 1. The second-order valence-corrected chi connectivity index (χ2v) is 8.03. The molecule has 0 fully saturated rings. The lowest BCUT2D eigenvalue weighted by Gasteiger charge is -2.10. The maximum Gasteiger partial charge on any atom is 0.304 e. The normalized spacial score (nSPS) is 13.6. The van der Waals surface area contributed by atoms with Gasteiger partial charge in [-0.1, -0.05) is 11.6 Å². The molecule has 0 spiro atoms. The number of carbonyl (C=O) groups is 1. The summed E-state index contributed by atoms with van der Waals surface area (Å²) in [7, 11) is -3.72. The number of carboxylic acid groups (broad SMARTS) is 1. The number of carboxylic acids is 1. The second-order valence-electron chi connectivity index (χ2n) is 3.31. The Morgan fingerprint density at radius 3 is 2.71 bits per heavy atom. The van der Waals surface area contributed by atoms with E-state index < -0.39 is 22.0 Å². The van der Waals surface area contributed by atoms with Crippen LogP contribution in [0.3, 0.4) is 0 Å². The first-order valence-corrected chi connectivity index (χ1v) is 7.88. The first-order chi connectivity index (χ1) is 7.72. The van der Waals surface area contributed by atoms with E-state index in [1.807, 2.05) is 0 Å². The van der Waals surface area contributed by atoms with Crippen LogP contribution in [0, 0.1) is 0 Å². The van der Waals surface area contributed by atoms with Crippen molar-refractivity contribution in [3.63, 3.8) is 0 Å². The zero-order valence-corrected chi connectivity index (χ0v) is 12.6. The predicted molar refractivity (Wildman–Crippen MR) is 69.1 cm³/mol. The van der Waals surface area contributed by atoms with E-state index in [0.717, 1.165) is 11.3 Å². The second kappa shape index (κ2) is 5.66. The molecule has 0 saturated carbocycles. The van der Waals surface area contributed by atoms with Gasteiger partial charge in [0, 0.05) is 6.04 Å². The van der Waals surface area contributed by atoms with E-state index >= 15 is 0 Å². The van der Waals surface area contributed by atoms with E-state index in [1.54, 1.807) is 0 Å². The minimum Gasteiger partial charge on any atom is -0.481 e. The zero-order chi connectivity index (χ0) is 13.2. The van der Waals surface area contributed by atoms with Crippen molar-refractivity contribution in [3.05, 3.63) is 14.9 Å². The van der Waals surface area contributed by atoms with E-state index in [9.17, 15) is 13.2 Å². The number of hydrogen-bond donors (Lipinski definition) is 2. The molecule has 2 N–H and O–H groups in total. The van der Waals surface area contributed by atoms with Gasteiger partial charge in [-0.05, 0) is 28.9 Å². The van der Waals surface area contributed by atoms with E-state index in [4.69, 9.17) is 16.7 Å². The molecule has 0 aliphatic rings. The molecule has 17 heavy (non-hydrogen) atoms. The molecule has 1 atom stereocenters. The topological polar surface area (TPSA) is 83.5 Å². The minimum absolute atomic E-state index is 0.0478. The lowest BCUT2D eigenvalue weighted by molar-refractivity contribution is -0.137. The highest BCUT2D eigenvalue weighted by atomic mass is 79.9. The summed E-state index contributed by atoms with van der Waals surface area (Å²) in [6.45, 7) is 1.48. The van der Waals surface area contributed by atoms with Crippen molar-refractivity contribution in [1.82, 2.24) is 4.72 Å². The van der Waals surface area contributed by atoms with Crippen LogP contribution in [0.1, 0.15) is 13.3 Å². The van der Waals surface area contributed by atoms with Gasteiger partial charge in [-0.2, -0.15) is 0 Å². The van der Waals surface area contributed by atoms with Crippen molar-refractivity contribution in [3.8, 4) is 0 Å². The first kappa shape index (κ1) is 14.9. The lowest BCUT2D eigenvalue weighted by Crippen LogP contribution is -2.33. The van der Waals surface area contributed by atoms with E-state index in [0.29, 0.717) is 8.81 Å². The van der Waals surface area contributed by atoms with Crippen molar-refractivity contribution in [2.45, 2.75) is 23.6 Å². The highest BCUT2D eigenvalue weighted by molar-refractivity contribution is 9.11. The van der Waals surface area contributed by atoms with Crippen molar-refractivity contribution in [1.29, 1.82) is 0 Å². The third kappa shape index (κ3) is 4.22. The average molecular weight is 363 g/mol. The fourth-order valence-electron chi connectivity index (χ4n) is 1.09. The van der Waals surface area contributed by atoms with Gasteiger partial charge in [-0.3, -0.25) is 4.79 Å². The van der Waals surface area contributed by atoms with Gasteiger partial charge in [0.05, 0.1) is 15.2 Å². The molecule has 1 aromatic heterocycles. The number of nitrogens with one attached hydrogen (secondary N) is 1. The van der Waals surface area contributed by atoms with Crippen LogP contribution in [0.4, 0.5) is 0 Å². The summed E-state index contributed by atoms with van der Waals surface area (Å²) in [5.74, 6) is -1.06. The van der Waals surface area contributed by atoms with Gasteiger partial charge in [0.1, 0.15) is 4.21 Å².